The quantitative estimate of drug-likeness (QED) is 0.751. The van der Waals surface area contributed by atoms with Crippen molar-refractivity contribution < 1.29 is 17.2 Å². The van der Waals surface area contributed by atoms with E-state index in [1.54, 1.807) is 18.2 Å². The van der Waals surface area contributed by atoms with E-state index in [2.05, 4.69) is 4.98 Å². The van der Waals surface area contributed by atoms with E-state index in [0.29, 0.717) is 16.8 Å². The first-order valence-corrected chi connectivity index (χ1v) is 7.73. The molecule has 3 aromatic rings. The summed E-state index contributed by atoms with van der Waals surface area (Å²) in [7, 11) is -3.87. The number of fused-ring (bicyclic) bond motifs is 1. The molecule has 0 unspecified atom stereocenters. The Kier molecular flexibility index (Phi) is 3.13. The lowest BCUT2D eigenvalue weighted by atomic mass is 10.2. The van der Waals surface area contributed by atoms with Gasteiger partial charge in [-0.05, 0) is 24.3 Å². The molecule has 0 bridgehead atoms. The average Bonchev–Trinajstić information content (AvgIpc) is 2.85. The van der Waals surface area contributed by atoms with Gasteiger partial charge in [-0.25, -0.2) is 12.8 Å². The molecule has 2 N–H and O–H groups in total. The second kappa shape index (κ2) is 4.85. The third-order valence-electron chi connectivity index (χ3n) is 2.96. The standard InChI is InChI=1S/C14H11FN2O3S/c15-11-4-2-1-3-9(11)8-21(18,19)14-17-12-7-10(16)5-6-13(12)20-14/h1-7H,8,16H2. The molecular formula is C14H11FN2O3S. The Morgan fingerprint density at radius 1 is 1.19 bits per heavy atom. The Balaban J connectivity index is 2.02. The van der Waals surface area contributed by atoms with Crippen molar-refractivity contribution in [3.05, 3.63) is 53.8 Å². The second-order valence-corrected chi connectivity index (χ2v) is 6.42. The zero-order valence-electron chi connectivity index (χ0n) is 10.8. The van der Waals surface area contributed by atoms with Crippen LogP contribution in [0.3, 0.4) is 0 Å². The normalized spacial score (nSPS) is 11.9. The predicted molar refractivity (Wildman–Crippen MR) is 75.7 cm³/mol. The highest BCUT2D eigenvalue weighted by atomic mass is 32.2. The number of aromatic nitrogens is 1. The van der Waals surface area contributed by atoms with E-state index in [0.717, 1.165) is 0 Å². The Morgan fingerprint density at radius 2 is 1.95 bits per heavy atom. The highest BCUT2D eigenvalue weighted by Gasteiger charge is 2.23. The molecule has 108 valence electrons. The molecule has 0 aliphatic heterocycles. The molecule has 0 spiro atoms. The van der Waals surface area contributed by atoms with Gasteiger partial charge >= 0.3 is 5.22 Å². The summed E-state index contributed by atoms with van der Waals surface area (Å²) >= 11 is 0. The molecule has 0 fully saturated rings. The third kappa shape index (κ3) is 2.59. The minimum Gasteiger partial charge on any atom is -0.428 e. The van der Waals surface area contributed by atoms with Crippen LogP contribution in [0.2, 0.25) is 0 Å². The maximum atomic E-state index is 13.6. The van der Waals surface area contributed by atoms with Crippen molar-refractivity contribution >= 4 is 26.6 Å². The molecule has 7 heteroatoms. The molecule has 1 heterocycles. The molecule has 0 aliphatic rings. The lowest BCUT2D eigenvalue weighted by Crippen LogP contribution is -2.06. The van der Waals surface area contributed by atoms with Crippen LogP contribution in [0.25, 0.3) is 11.1 Å². The topological polar surface area (TPSA) is 86.2 Å². The van der Waals surface area contributed by atoms with Crippen LogP contribution in [-0.4, -0.2) is 13.4 Å². The fraction of sp³-hybridized carbons (Fsp3) is 0.0714. The van der Waals surface area contributed by atoms with E-state index in [4.69, 9.17) is 10.2 Å². The first-order valence-electron chi connectivity index (χ1n) is 6.08. The monoisotopic (exact) mass is 306 g/mol. The number of hydrogen-bond donors (Lipinski definition) is 1. The van der Waals surface area contributed by atoms with Crippen LogP contribution < -0.4 is 5.73 Å². The van der Waals surface area contributed by atoms with Crippen molar-refractivity contribution in [1.82, 2.24) is 4.98 Å². The van der Waals surface area contributed by atoms with Gasteiger partial charge in [0.1, 0.15) is 11.3 Å². The Labute approximate surface area is 120 Å². The fourth-order valence-electron chi connectivity index (χ4n) is 1.94. The van der Waals surface area contributed by atoms with Gasteiger partial charge in [-0.3, -0.25) is 0 Å². The summed E-state index contributed by atoms with van der Waals surface area (Å²) in [6.07, 6.45) is 0. The average molecular weight is 306 g/mol. The van der Waals surface area contributed by atoms with Crippen molar-refractivity contribution in [3.8, 4) is 0 Å². The Morgan fingerprint density at radius 3 is 2.71 bits per heavy atom. The van der Waals surface area contributed by atoms with Crippen LogP contribution >= 0.6 is 0 Å². The summed E-state index contributed by atoms with van der Waals surface area (Å²) in [5, 5.41) is -0.439. The van der Waals surface area contributed by atoms with Gasteiger partial charge in [0.15, 0.2) is 5.58 Å². The van der Waals surface area contributed by atoms with E-state index in [9.17, 15) is 12.8 Å². The highest BCUT2D eigenvalue weighted by molar-refractivity contribution is 7.90. The zero-order chi connectivity index (χ0) is 15.0. The van der Waals surface area contributed by atoms with Crippen molar-refractivity contribution in [1.29, 1.82) is 0 Å². The van der Waals surface area contributed by atoms with Crippen LogP contribution in [0.5, 0.6) is 0 Å². The van der Waals surface area contributed by atoms with Crippen LogP contribution in [-0.2, 0) is 15.6 Å². The number of nitrogens with zero attached hydrogens (tertiary/aromatic N) is 1. The molecule has 0 saturated heterocycles. The molecule has 21 heavy (non-hydrogen) atoms. The number of anilines is 1. The molecule has 0 radical (unpaired) electrons. The van der Waals surface area contributed by atoms with E-state index < -0.39 is 26.6 Å². The van der Waals surface area contributed by atoms with E-state index in [1.165, 1.54) is 24.3 Å². The lowest BCUT2D eigenvalue weighted by Gasteiger charge is -2.01. The summed E-state index contributed by atoms with van der Waals surface area (Å²) in [6.45, 7) is 0. The number of sulfone groups is 1. The van der Waals surface area contributed by atoms with Gasteiger partial charge in [-0.2, -0.15) is 4.98 Å². The molecule has 0 atom stereocenters. The van der Waals surface area contributed by atoms with Crippen LogP contribution in [0.15, 0.2) is 52.1 Å². The molecule has 0 saturated carbocycles. The summed E-state index contributed by atoms with van der Waals surface area (Å²) in [5.41, 5.74) is 6.79. The second-order valence-electron chi connectivity index (χ2n) is 4.56. The number of nitrogens with two attached hydrogens (primary N) is 1. The van der Waals surface area contributed by atoms with E-state index in [1.807, 2.05) is 0 Å². The smallest absolute Gasteiger partial charge is 0.316 e. The van der Waals surface area contributed by atoms with Crippen molar-refractivity contribution in [2.24, 2.45) is 0 Å². The van der Waals surface area contributed by atoms with E-state index >= 15 is 0 Å². The SMILES string of the molecule is Nc1ccc2oc(S(=O)(=O)Cc3ccccc3F)nc2c1. The van der Waals surface area contributed by atoms with Crippen LogP contribution in [0.4, 0.5) is 10.1 Å². The lowest BCUT2D eigenvalue weighted by molar-refractivity contribution is 0.457. The molecule has 5 nitrogen and oxygen atoms in total. The molecule has 1 aromatic heterocycles. The first-order chi connectivity index (χ1) is 9.95. The largest absolute Gasteiger partial charge is 0.428 e. The Bertz CT molecular complexity index is 919. The van der Waals surface area contributed by atoms with Gasteiger partial charge in [-0.1, -0.05) is 18.2 Å². The molecular weight excluding hydrogens is 295 g/mol. The van der Waals surface area contributed by atoms with Gasteiger partial charge in [0.2, 0.25) is 9.84 Å². The maximum Gasteiger partial charge on any atom is 0.316 e. The summed E-state index contributed by atoms with van der Waals surface area (Å²) < 4.78 is 43.3. The minimum absolute atomic E-state index is 0.0688. The van der Waals surface area contributed by atoms with Gasteiger partial charge < -0.3 is 10.2 Å². The molecule has 3 rings (SSSR count). The van der Waals surface area contributed by atoms with Crippen LogP contribution in [0, 0.1) is 5.82 Å². The molecule has 0 aliphatic carbocycles. The third-order valence-corrected chi connectivity index (χ3v) is 4.36. The highest BCUT2D eigenvalue weighted by Crippen LogP contribution is 2.24. The summed E-state index contributed by atoms with van der Waals surface area (Å²) in [6, 6.07) is 10.3. The number of nitrogen functional groups attached to an aromatic ring is 1. The van der Waals surface area contributed by atoms with Gasteiger partial charge in [0.05, 0.1) is 5.75 Å². The number of halogens is 1. The maximum absolute atomic E-state index is 13.6. The number of oxazole rings is 1. The van der Waals surface area contributed by atoms with Gasteiger partial charge in [0.25, 0.3) is 0 Å². The molecule has 2 aromatic carbocycles. The van der Waals surface area contributed by atoms with Crippen LogP contribution in [0.1, 0.15) is 5.56 Å². The molecule has 0 amide bonds. The number of hydrogen-bond acceptors (Lipinski definition) is 5. The zero-order valence-corrected chi connectivity index (χ0v) is 11.6. The predicted octanol–water partition coefficient (Wildman–Crippen LogP) is 2.52. The summed E-state index contributed by atoms with van der Waals surface area (Å²) in [5.74, 6) is -1.09. The number of benzene rings is 2. The summed E-state index contributed by atoms with van der Waals surface area (Å²) in [4.78, 5) is 3.91. The fourth-order valence-corrected chi connectivity index (χ4v) is 3.16. The Hall–Kier alpha value is -2.41. The van der Waals surface area contributed by atoms with Crippen molar-refractivity contribution in [2.45, 2.75) is 11.0 Å². The van der Waals surface area contributed by atoms with Gasteiger partial charge in [-0.15, -0.1) is 0 Å². The van der Waals surface area contributed by atoms with E-state index in [-0.39, 0.29) is 5.56 Å². The van der Waals surface area contributed by atoms with Crippen molar-refractivity contribution in [3.63, 3.8) is 0 Å². The van der Waals surface area contributed by atoms with Crippen molar-refractivity contribution in [2.75, 3.05) is 5.73 Å². The first kappa shape index (κ1) is 13.6. The number of rotatable bonds is 3. The van der Waals surface area contributed by atoms with Gasteiger partial charge in [0, 0.05) is 11.3 Å². The minimum atomic E-state index is -3.87.